The van der Waals surface area contributed by atoms with Crippen molar-refractivity contribution in [3.63, 3.8) is 0 Å². The summed E-state index contributed by atoms with van der Waals surface area (Å²) in [7, 11) is 0. The number of halogens is 1. The van der Waals surface area contributed by atoms with Gasteiger partial charge in [0.2, 0.25) is 5.91 Å². The highest BCUT2D eigenvalue weighted by molar-refractivity contribution is 5.85. The van der Waals surface area contributed by atoms with Crippen LogP contribution in [0.5, 0.6) is 0 Å². The van der Waals surface area contributed by atoms with Gasteiger partial charge in [-0.05, 0) is 31.7 Å². The molecule has 0 aromatic heterocycles. The Labute approximate surface area is 138 Å². The molecule has 1 aliphatic carbocycles. The van der Waals surface area contributed by atoms with Crippen molar-refractivity contribution in [1.82, 2.24) is 5.32 Å². The van der Waals surface area contributed by atoms with Crippen molar-refractivity contribution in [2.45, 2.75) is 51.2 Å². The van der Waals surface area contributed by atoms with Crippen molar-refractivity contribution in [3.8, 4) is 0 Å². The Morgan fingerprint density at radius 3 is 2.50 bits per heavy atom. The largest absolute Gasteiger partial charge is 0.388 e. The van der Waals surface area contributed by atoms with Crippen LogP contribution >= 0.6 is 12.4 Å². The minimum absolute atomic E-state index is 0. The number of aliphatic hydroxyl groups is 1. The van der Waals surface area contributed by atoms with Gasteiger partial charge < -0.3 is 16.2 Å². The Bertz CT molecular complexity index is 487. The molecule has 4 N–H and O–H groups in total. The van der Waals surface area contributed by atoms with E-state index < -0.39 is 11.6 Å². The van der Waals surface area contributed by atoms with Crippen LogP contribution in [0.1, 0.15) is 51.2 Å². The van der Waals surface area contributed by atoms with E-state index in [4.69, 9.17) is 5.73 Å². The van der Waals surface area contributed by atoms with E-state index in [2.05, 4.69) is 5.32 Å². The summed E-state index contributed by atoms with van der Waals surface area (Å²) in [6.45, 7) is 4.26. The first-order valence-electron chi connectivity index (χ1n) is 7.71. The first-order valence-corrected chi connectivity index (χ1v) is 7.71. The normalized spacial score (nSPS) is 19.5. The zero-order valence-corrected chi connectivity index (χ0v) is 14.2. The molecule has 2 atom stereocenters. The molecule has 1 fully saturated rings. The van der Waals surface area contributed by atoms with Gasteiger partial charge in [-0.2, -0.15) is 0 Å². The summed E-state index contributed by atoms with van der Waals surface area (Å²) in [4.78, 5) is 12.2. The fourth-order valence-electron chi connectivity index (χ4n) is 2.79. The topological polar surface area (TPSA) is 75.4 Å². The predicted octanol–water partition coefficient (Wildman–Crippen LogP) is 2.56. The third-order valence-corrected chi connectivity index (χ3v) is 4.48. The molecule has 0 bridgehead atoms. The summed E-state index contributed by atoms with van der Waals surface area (Å²) in [6, 6.07) is 9.63. The Morgan fingerprint density at radius 2 is 2.00 bits per heavy atom. The van der Waals surface area contributed by atoms with E-state index in [0.717, 1.165) is 24.8 Å². The second-order valence-electron chi connectivity index (χ2n) is 6.53. The lowest BCUT2D eigenvalue weighted by atomic mass is 9.91. The van der Waals surface area contributed by atoms with E-state index in [1.165, 1.54) is 0 Å². The maximum atomic E-state index is 12.2. The zero-order valence-electron chi connectivity index (χ0n) is 13.3. The molecule has 0 spiro atoms. The number of aliphatic hydroxyl groups excluding tert-OH is 1. The van der Waals surface area contributed by atoms with E-state index >= 15 is 0 Å². The minimum Gasteiger partial charge on any atom is -0.388 e. The summed E-state index contributed by atoms with van der Waals surface area (Å²) < 4.78 is 0. The Kier molecular flexibility index (Phi) is 6.41. The maximum Gasteiger partial charge on any atom is 0.239 e. The highest BCUT2D eigenvalue weighted by Crippen LogP contribution is 2.54. The highest BCUT2D eigenvalue weighted by Gasteiger charge is 2.49. The highest BCUT2D eigenvalue weighted by atomic mass is 35.5. The molecule has 1 aromatic carbocycles. The quantitative estimate of drug-likeness (QED) is 0.720. The average molecular weight is 327 g/mol. The van der Waals surface area contributed by atoms with Crippen LogP contribution in [0.25, 0.3) is 0 Å². The summed E-state index contributed by atoms with van der Waals surface area (Å²) in [5, 5.41) is 13.5. The predicted molar refractivity (Wildman–Crippen MR) is 90.8 cm³/mol. The lowest BCUT2D eigenvalue weighted by Gasteiger charge is -2.27. The molecule has 0 aliphatic heterocycles. The van der Waals surface area contributed by atoms with Crippen LogP contribution in [-0.4, -0.2) is 23.1 Å². The molecule has 0 heterocycles. The molecular weight excluding hydrogens is 300 g/mol. The Balaban J connectivity index is 0.00000242. The molecule has 1 saturated carbocycles. The number of carbonyl (C=O) groups excluding carboxylic acids is 1. The first-order chi connectivity index (χ1) is 9.91. The monoisotopic (exact) mass is 326 g/mol. The molecular formula is C17H27ClN2O2. The molecule has 0 saturated heterocycles. The summed E-state index contributed by atoms with van der Waals surface area (Å²) in [5.74, 6) is -0.129. The molecule has 1 aliphatic rings. The Morgan fingerprint density at radius 1 is 1.41 bits per heavy atom. The van der Waals surface area contributed by atoms with E-state index in [1.807, 2.05) is 37.3 Å². The van der Waals surface area contributed by atoms with Gasteiger partial charge in [-0.25, -0.2) is 0 Å². The zero-order chi connectivity index (χ0) is 15.5. The summed E-state index contributed by atoms with van der Waals surface area (Å²) >= 11 is 0. The molecule has 0 radical (unpaired) electrons. The van der Waals surface area contributed by atoms with Crippen LogP contribution in [0.3, 0.4) is 0 Å². The van der Waals surface area contributed by atoms with Gasteiger partial charge in [0.15, 0.2) is 0 Å². The van der Waals surface area contributed by atoms with Crippen molar-refractivity contribution >= 4 is 18.3 Å². The lowest BCUT2D eigenvalue weighted by molar-refractivity contribution is -0.126. The van der Waals surface area contributed by atoms with Gasteiger partial charge in [0.1, 0.15) is 0 Å². The number of nitrogens with two attached hydrogens (primary N) is 1. The molecule has 22 heavy (non-hydrogen) atoms. The van der Waals surface area contributed by atoms with Crippen LogP contribution in [0.15, 0.2) is 30.3 Å². The van der Waals surface area contributed by atoms with Crippen LogP contribution < -0.4 is 11.1 Å². The standard InChI is InChI=1S/C17H26N2O2.ClH/c1-3-9-16(2,18)15(21)19-12-17(10-11-17)14(20)13-7-5-4-6-8-13;/h4-8,14,20H,3,9-12,18H2,1-2H3,(H,19,21);1H. The van der Waals surface area contributed by atoms with Gasteiger partial charge in [0.05, 0.1) is 11.6 Å². The van der Waals surface area contributed by atoms with Gasteiger partial charge in [-0.15, -0.1) is 12.4 Å². The minimum atomic E-state index is -0.831. The van der Waals surface area contributed by atoms with Gasteiger partial charge in [0.25, 0.3) is 0 Å². The van der Waals surface area contributed by atoms with E-state index in [0.29, 0.717) is 13.0 Å². The SMILES string of the molecule is CCCC(C)(N)C(=O)NCC1(C(O)c2ccccc2)CC1.Cl. The van der Waals surface area contributed by atoms with Crippen molar-refractivity contribution in [3.05, 3.63) is 35.9 Å². The number of hydrogen-bond acceptors (Lipinski definition) is 3. The molecule has 2 unspecified atom stereocenters. The number of carbonyl (C=O) groups is 1. The van der Waals surface area contributed by atoms with E-state index in [1.54, 1.807) is 6.92 Å². The van der Waals surface area contributed by atoms with Crippen molar-refractivity contribution < 1.29 is 9.90 Å². The number of amides is 1. The van der Waals surface area contributed by atoms with Gasteiger partial charge >= 0.3 is 0 Å². The van der Waals surface area contributed by atoms with Crippen molar-refractivity contribution in [2.75, 3.05) is 6.54 Å². The number of nitrogens with one attached hydrogen (secondary N) is 1. The van der Waals surface area contributed by atoms with Crippen molar-refractivity contribution in [2.24, 2.45) is 11.1 Å². The van der Waals surface area contributed by atoms with Crippen molar-refractivity contribution in [1.29, 1.82) is 0 Å². The second kappa shape index (κ2) is 7.44. The fraction of sp³-hybridized carbons (Fsp3) is 0.588. The average Bonchev–Trinajstić information content (AvgIpc) is 3.26. The fourth-order valence-corrected chi connectivity index (χ4v) is 2.79. The number of hydrogen-bond donors (Lipinski definition) is 3. The van der Waals surface area contributed by atoms with Crippen LogP contribution in [-0.2, 0) is 4.79 Å². The van der Waals surface area contributed by atoms with E-state index in [-0.39, 0.29) is 23.7 Å². The van der Waals surface area contributed by atoms with Gasteiger partial charge in [-0.1, -0.05) is 43.7 Å². The number of rotatable bonds is 7. The van der Waals surface area contributed by atoms with Crippen LogP contribution in [0.4, 0.5) is 0 Å². The summed E-state index contributed by atoms with van der Waals surface area (Å²) in [5.41, 5.74) is 5.89. The number of benzene rings is 1. The molecule has 124 valence electrons. The summed E-state index contributed by atoms with van der Waals surface area (Å²) in [6.07, 6.45) is 2.86. The molecule has 4 nitrogen and oxygen atoms in total. The molecule has 5 heteroatoms. The molecule has 1 amide bonds. The third-order valence-electron chi connectivity index (χ3n) is 4.48. The van der Waals surface area contributed by atoms with Gasteiger partial charge in [-0.3, -0.25) is 4.79 Å². The lowest BCUT2D eigenvalue weighted by Crippen LogP contribution is -2.52. The molecule has 2 rings (SSSR count). The van der Waals surface area contributed by atoms with E-state index in [9.17, 15) is 9.90 Å². The third kappa shape index (κ3) is 4.22. The first kappa shape index (κ1) is 18.9. The Hall–Kier alpha value is -1.10. The van der Waals surface area contributed by atoms with Crippen LogP contribution in [0, 0.1) is 5.41 Å². The maximum absolute atomic E-state index is 12.2. The smallest absolute Gasteiger partial charge is 0.239 e. The molecule has 1 aromatic rings. The van der Waals surface area contributed by atoms with Gasteiger partial charge in [0, 0.05) is 12.0 Å². The van der Waals surface area contributed by atoms with Crippen LogP contribution in [0.2, 0.25) is 0 Å². The second-order valence-corrected chi connectivity index (χ2v) is 6.53.